The molecule has 0 aliphatic heterocycles. The molecule has 0 radical (unpaired) electrons. The minimum absolute atomic E-state index is 0.631. The lowest BCUT2D eigenvalue weighted by atomic mass is 9.87. The molecule has 5 nitrogen and oxygen atoms in total. The Morgan fingerprint density at radius 2 is 0.929 bits per heavy atom. The van der Waals surface area contributed by atoms with E-state index < -0.39 is 0 Å². The van der Waals surface area contributed by atoms with Crippen molar-refractivity contribution in [3.05, 3.63) is 200 Å². The largest absolute Gasteiger partial charge is 0.292 e. The molecule has 0 saturated heterocycles. The maximum absolute atomic E-state index is 5.10. The molecule has 11 aromatic rings. The zero-order chi connectivity index (χ0) is 37.0. The SMILES string of the molecule is c1ccc(N(c2ccc(-c3ccc4ccc5c(-c6ccc(-c7nc8ccccc8n7-c7ccccc7)cc6)ccc6ccc3c4c65)cc2)c2ncccn2)cc1. The van der Waals surface area contributed by atoms with Crippen molar-refractivity contribution in [2.75, 3.05) is 4.90 Å². The third kappa shape index (κ3) is 5.21. The van der Waals surface area contributed by atoms with E-state index in [4.69, 9.17) is 4.98 Å². The summed E-state index contributed by atoms with van der Waals surface area (Å²) in [5, 5.41) is 7.56. The summed E-state index contributed by atoms with van der Waals surface area (Å²) in [5.74, 6) is 1.56. The van der Waals surface area contributed by atoms with Gasteiger partial charge in [-0.1, -0.05) is 133 Å². The van der Waals surface area contributed by atoms with Crippen LogP contribution in [0.2, 0.25) is 0 Å². The van der Waals surface area contributed by atoms with E-state index in [2.05, 4.69) is 177 Å². The smallest absolute Gasteiger partial charge is 0.234 e. The van der Waals surface area contributed by atoms with Gasteiger partial charge in [0.15, 0.2) is 0 Å². The molecule has 9 aromatic carbocycles. The number of para-hydroxylation sites is 4. The summed E-state index contributed by atoms with van der Waals surface area (Å²) in [6.07, 6.45) is 3.56. The maximum Gasteiger partial charge on any atom is 0.234 e. The van der Waals surface area contributed by atoms with Crippen LogP contribution in [0.4, 0.5) is 17.3 Å². The maximum atomic E-state index is 5.10. The fraction of sp³-hybridized carbons (Fsp3) is 0. The van der Waals surface area contributed by atoms with Crippen molar-refractivity contribution in [1.82, 2.24) is 19.5 Å². The van der Waals surface area contributed by atoms with Crippen LogP contribution in [0.1, 0.15) is 0 Å². The monoisotopic (exact) mass is 715 g/mol. The summed E-state index contributed by atoms with van der Waals surface area (Å²) in [6.45, 7) is 0. The van der Waals surface area contributed by atoms with Gasteiger partial charge in [-0.15, -0.1) is 0 Å². The number of anilines is 3. The summed E-state index contributed by atoms with van der Waals surface area (Å²) >= 11 is 0. The Morgan fingerprint density at radius 3 is 1.57 bits per heavy atom. The summed E-state index contributed by atoms with van der Waals surface area (Å²) in [4.78, 5) is 16.3. The van der Waals surface area contributed by atoms with Gasteiger partial charge in [0.25, 0.3) is 0 Å². The lowest BCUT2D eigenvalue weighted by Gasteiger charge is -2.23. The number of rotatable bonds is 7. The third-order valence-corrected chi connectivity index (χ3v) is 10.9. The van der Waals surface area contributed by atoms with Crippen molar-refractivity contribution in [2.24, 2.45) is 0 Å². The first kappa shape index (κ1) is 31.9. The topological polar surface area (TPSA) is 46.8 Å². The molecule has 0 aliphatic rings. The van der Waals surface area contributed by atoms with Crippen LogP contribution in [0.15, 0.2) is 200 Å². The third-order valence-electron chi connectivity index (χ3n) is 10.9. The first-order valence-electron chi connectivity index (χ1n) is 18.9. The Morgan fingerprint density at radius 1 is 0.411 bits per heavy atom. The molecule has 262 valence electrons. The molecular formula is C51H33N5. The summed E-state index contributed by atoms with van der Waals surface area (Å²) in [5.41, 5.74) is 11.0. The molecule has 0 atom stereocenters. The van der Waals surface area contributed by atoms with Gasteiger partial charge in [-0.3, -0.25) is 9.47 Å². The zero-order valence-corrected chi connectivity index (χ0v) is 30.3. The van der Waals surface area contributed by atoms with Crippen molar-refractivity contribution in [1.29, 1.82) is 0 Å². The molecule has 0 bridgehead atoms. The van der Waals surface area contributed by atoms with Crippen LogP contribution >= 0.6 is 0 Å². The van der Waals surface area contributed by atoms with E-state index in [9.17, 15) is 0 Å². The van der Waals surface area contributed by atoms with E-state index in [0.29, 0.717) is 5.95 Å². The Bertz CT molecular complexity index is 3120. The molecule has 0 aliphatic carbocycles. The van der Waals surface area contributed by atoms with Crippen molar-refractivity contribution in [3.8, 4) is 39.3 Å². The average Bonchev–Trinajstić information content (AvgIpc) is 3.67. The Labute approximate surface area is 323 Å². The number of fused-ring (bicyclic) bond motifs is 1. The number of hydrogen-bond acceptors (Lipinski definition) is 4. The van der Waals surface area contributed by atoms with E-state index in [1.807, 2.05) is 30.3 Å². The highest BCUT2D eigenvalue weighted by molar-refractivity contribution is 6.27. The summed E-state index contributed by atoms with van der Waals surface area (Å²) in [6, 6.07) is 66.7. The number of hydrogen-bond donors (Lipinski definition) is 0. The van der Waals surface area contributed by atoms with Gasteiger partial charge in [0, 0.05) is 35.0 Å². The highest BCUT2D eigenvalue weighted by Gasteiger charge is 2.19. The van der Waals surface area contributed by atoms with Gasteiger partial charge in [0.1, 0.15) is 5.82 Å². The fourth-order valence-electron chi connectivity index (χ4n) is 8.32. The number of aromatic nitrogens is 4. The Kier molecular flexibility index (Phi) is 7.42. The Hall–Kier alpha value is -7.63. The number of benzene rings is 9. The average molecular weight is 716 g/mol. The van der Waals surface area contributed by atoms with E-state index in [-0.39, 0.29) is 0 Å². The van der Waals surface area contributed by atoms with Gasteiger partial charge in [-0.05, 0) is 109 Å². The molecule has 0 amide bonds. The molecule has 11 rings (SSSR count). The van der Waals surface area contributed by atoms with Crippen LogP contribution in [-0.2, 0) is 0 Å². The molecule has 0 spiro atoms. The molecule has 56 heavy (non-hydrogen) atoms. The second-order valence-corrected chi connectivity index (χ2v) is 14.1. The second kappa shape index (κ2) is 13.0. The van der Waals surface area contributed by atoms with Gasteiger partial charge in [-0.2, -0.15) is 0 Å². The minimum Gasteiger partial charge on any atom is -0.292 e. The Balaban J connectivity index is 0.993. The highest BCUT2D eigenvalue weighted by Crippen LogP contribution is 2.43. The predicted molar refractivity (Wildman–Crippen MR) is 231 cm³/mol. The lowest BCUT2D eigenvalue weighted by Crippen LogP contribution is -2.12. The zero-order valence-electron chi connectivity index (χ0n) is 30.3. The molecule has 2 aromatic heterocycles. The van der Waals surface area contributed by atoms with E-state index in [1.54, 1.807) is 12.4 Å². The summed E-state index contributed by atoms with van der Waals surface area (Å²) < 4.78 is 2.25. The molecule has 0 unspecified atom stereocenters. The predicted octanol–water partition coefficient (Wildman–Crippen LogP) is 13.2. The number of nitrogens with zero attached hydrogens (tertiary/aromatic N) is 5. The molecular weight excluding hydrogens is 683 g/mol. The quantitative estimate of drug-likeness (QED) is 0.154. The van der Waals surface area contributed by atoms with Gasteiger partial charge >= 0.3 is 0 Å². The van der Waals surface area contributed by atoms with Crippen LogP contribution in [0, 0.1) is 0 Å². The van der Waals surface area contributed by atoms with Crippen LogP contribution in [0.3, 0.4) is 0 Å². The van der Waals surface area contributed by atoms with Crippen LogP contribution < -0.4 is 4.90 Å². The van der Waals surface area contributed by atoms with Gasteiger partial charge in [-0.25, -0.2) is 15.0 Å². The van der Waals surface area contributed by atoms with Gasteiger partial charge in [0.2, 0.25) is 5.95 Å². The van der Waals surface area contributed by atoms with Crippen molar-refractivity contribution in [3.63, 3.8) is 0 Å². The van der Waals surface area contributed by atoms with Crippen molar-refractivity contribution < 1.29 is 0 Å². The van der Waals surface area contributed by atoms with E-state index in [1.165, 1.54) is 49.0 Å². The van der Waals surface area contributed by atoms with Crippen LogP contribution in [0.5, 0.6) is 0 Å². The fourth-order valence-corrected chi connectivity index (χ4v) is 8.32. The van der Waals surface area contributed by atoms with Gasteiger partial charge < -0.3 is 0 Å². The number of imidazole rings is 1. The van der Waals surface area contributed by atoms with Crippen LogP contribution in [0.25, 0.3) is 82.7 Å². The minimum atomic E-state index is 0.631. The van der Waals surface area contributed by atoms with E-state index >= 15 is 0 Å². The first-order valence-corrected chi connectivity index (χ1v) is 18.9. The van der Waals surface area contributed by atoms with Crippen LogP contribution in [-0.4, -0.2) is 19.5 Å². The lowest BCUT2D eigenvalue weighted by molar-refractivity contribution is 1.08. The molecule has 0 saturated carbocycles. The molecule has 0 fully saturated rings. The molecule has 2 heterocycles. The van der Waals surface area contributed by atoms with Gasteiger partial charge in [0.05, 0.1) is 11.0 Å². The van der Waals surface area contributed by atoms with Crippen molar-refractivity contribution >= 4 is 60.7 Å². The summed E-state index contributed by atoms with van der Waals surface area (Å²) in [7, 11) is 0. The normalized spacial score (nSPS) is 11.6. The standard InChI is InChI=1S/C51H33N5/c1-3-10-39(11-4-1)55(51-52-32-9-33-53-51)41-26-20-35(21-27-41)43-29-23-37-24-30-44-42(28-22-36-25-31-45(43)49(37)48(36)44)34-16-18-38(19-17-34)50-54-46-14-7-8-15-47(46)56(50)40-12-5-2-6-13-40/h1-33H. The first-order chi connectivity index (χ1) is 27.8. The van der Waals surface area contributed by atoms with Crippen molar-refractivity contribution in [2.45, 2.75) is 0 Å². The highest BCUT2D eigenvalue weighted by atomic mass is 15.3. The molecule has 5 heteroatoms. The molecule has 0 N–H and O–H groups in total. The second-order valence-electron chi connectivity index (χ2n) is 14.1. The van der Waals surface area contributed by atoms with E-state index in [0.717, 1.165) is 45.0 Å².